The molecule has 2 aromatic heterocycles. The fourth-order valence-electron chi connectivity index (χ4n) is 1.29. The molecular weight excluding hydrogens is 252 g/mol. The number of nitrogens with one attached hydrogen (secondary N) is 1. The molecule has 0 fully saturated rings. The highest BCUT2D eigenvalue weighted by molar-refractivity contribution is 7.20. The third-order valence-electron chi connectivity index (χ3n) is 2.46. The predicted molar refractivity (Wildman–Crippen MR) is 72.6 cm³/mol. The van der Waals surface area contributed by atoms with E-state index < -0.39 is 0 Å². The van der Waals surface area contributed by atoms with Gasteiger partial charge in [0.25, 0.3) is 5.91 Å². The van der Waals surface area contributed by atoms with Gasteiger partial charge >= 0.3 is 0 Å². The van der Waals surface area contributed by atoms with Crippen LogP contribution < -0.4 is 5.32 Å². The van der Waals surface area contributed by atoms with Crippen LogP contribution >= 0.6 is 22.7 Å². The Morgan fingerprint density at radius 1 is 1.53 bits per heavy atom. The van der Waals surface area contributed by atoms with Crippen molar-refractivity contribution >= 4 is 28.6 Å². The minimum Gasteiger partial charge on any atom is -0.348 e. The average molecular weight is 266 g/mol. The maximum atomic E-state index is 11.8. The van der Waals surface area contributed by atoms with Crippen molar-refractivity contribution in [1.29, 1.82) is 0 Å². The zero-order valence-corrected chi connectivity index (χ0v) is 11.4. The summed E-state index contributed by atoms with van der Waals surface area (Å²) in [5, 5.41) is 7.65. The number of thiophene rings is 1. The number of thiazole rings is 1. The molecule has 17 heavy (non-hydrogen) atoms. The number of carbonyl (C=O) groups excluding carboxylic acids is 1. The number of carbonyl (C=O) groups is 1. The highest BCUT2D eigenvalue weighted by atomic mass is 32.1. The van der Waals surface area contributed by atoms with Crippen molar-refractivity contribution in [2.45, 2.75) is 26.3 Å². The van der Waals surface area contributed by atoms with E-state index in [1.807, 2.05) is 36.7 Å². The van der Waals surface area contributed by atoms with Gasteiger partial charge in [-0.1, -0.05) is 13.0 Å². The predicted octanol–water partition coefficient (Wildman–Crippen LogP) is 3.40. The van der Waals surface area contributed by atoms with Crippen molar-refractivity contribution in [1.82, 2.24) is 10.3 Å². The monoisotopic (exact) mass is 266 g/mol. The smallest absolute Gasteiger partial charge is 0.270 e. The fraction of sp³-hybridized carbons (Fsp3) is 0.333. The number of hydrogen-bond donors (Lipinski definition) is 1. The largest absolute Gasteiger partial charge is 0.348 e. The van der Waals surface area contributed by atoms with E-state index in [-0.39, 0.29) is 11.9 Å². The molecule has 3 nitrogen and oxygen atoms in total. The van der Waals surface area contributed by atoms with Crippen LogP contribution in [0.5, 0.6) is 0 Å². The second kappa shape index (κ2) is 5.42. The lowest BCUT2D eigenvalue weighted by Crippen LogP contribution is -2.32. The zero-order valence-electron chi connectivity index (χ0n) is 9.77. The summed E-state index contributed by atoms with van der Waals surface area (Å²) in [6.07, 6.45) is 0.924. The SMILES string of the molecule is CC[C@H](C)NC(=O)c1csc(-c2cccs2)n1. The molecule has 0 unspecified atom stereocenters. The van der Waals surface area contributed by atoms with Crippen molar-refractivity contribution < 1.29 is 4.79 Å². The van der Waals surface area contributed by atoms with E-state index in [0.29, 0.717) is 5.69 Å². The first-order valence-corrected chi connectivity index (χ1v) is 7.27. The Morgan fingerprint density at radius 2 is 2.35 bits per heavy atom. The van der Waals surface area contributed by atoms with Gasteiger partial charge in [-0.2, -0.15) is 0 Å². The molecule has 5 heteroatoms. The molecule has 1 N–H and O–H groups in total. The van der Waals surface area contributed by atoms with Crippen LogP contribution in [0.3, 0.4) is 0 Å². The summed E-state index contributed by atoms with van der Waals surface area (Å²) in [7, 11) is 0. The van der Waals surface area contributed by atoms with Crippen LogP contribution in [0.25, 0.3) is 9.88 Å². The van der Waals surface area contributed by atoms with Crippen LogP contribution in [-0.2, 0) is 0 Å². The standard InChI is InChI=1S/C12H14N2OS2/c1-3-8(2)13-11(15)9-7-17-12(14-9)10-5-4-6-16-10/h4-8H,3H2,1-2H3,(H,13,15)/t8-/m0/s1. The number of hydrogen-bond acceptors (Lipinski definition) is 4. The fourth-order valence-corrected chi connectivity index (χ4v) is 2.91. The van der Waals surface area contributed by atoms with Crippen LogP contribution in [0.1, 0.15) is 30.8 Å². The van der Waals surface area contributed by atoms with Gasteiger partial charge < -0.3 is 5.32 Å². The molecule has 0 spiro atoms. The van der Waals surface area contributed by atoms with Crippen LogP contribution in [0, 0.1) is 0 Å². The summed E-state index contributed by atoms with van der Waals surface area (Å²) in [6, 6.07) is 4.19. The molecule has 90 valence electrons. The minimum atomic E-state index is -0.0848. The van der Waals surface area contributed by atoms with Gasteiger partial charge in [-0.15, -0.1) is 22.7 Å². The molecule has 1 atom stereocenters. The Bertz CT molecular complexity index is 490. The number of aromatic nitrogens is 1. The Morgan fingerprint density at radius 3 is 3.00 bits per heavy atom. The molecule has 2 heterocycles. The molecule has 0 aliphatic heterocycles. The van der Waals surface area contributed by atoms with Gasteiger partial charge in [0.2, 0.25) is 0 Å². The first-order valence-electron chi connectivity index (χ1n) is 5.51. The van der Waals surface area contributed by atoms with Gasteiger partial charge in [-0.3, -0.25) is 4.79 Å². The lowest BCUT2D eigenvalue weighted by molar-refractivity contribution is 0.0935. The molecule has 2 rings (SSSR count). The van der Waals surface area contributed by atoms with Gasteiger partial charge in [-0.25, -0.2) is 4.98 Å². The maximum absolute atomic E-state index is 11.8. The summed E-state index contributed by atoms with van der Waals surface area (Å²) in [5.74, 6) is -0.0848. The maximum Gasteiger partial charge on any atom is 0.270 e. The van der Waals surface area contributed by atoms with E-state index in [4.69, 9.17) is 0 Å². The van der Waals surface area contributed by atoms with Crippen LogP contribution in [0.4, 0.5) is 0 Å². The van der Waals surface area contributed by atoms with E-state index in [2.05, 4.69) is 10.3 Å². The second-order valence-corrected chi connectivity index (χ2v) is 5.60. The summed E-state index contributed by atoms with van der Waals surface area (Å²) < 4.78 is 0. The Hall–Kier alpha value is -1.20. The quantitative estimate of drug-likeness (QED) is 0.921. The lowest BCUT2D eigenvalue weighted by Gasteiger charge is -2.09. The van der Waals surface area contributed by atoms with Crippen molar-refractivity contribution in [3.05, 3.63) is 28.6 Å². The number of rotatable bonds is 4. The summed E-state index contributed by atoms with van der Waals surface area (Å²) in [5.41, 5.74) is 0.513. The Labute approximate surface area is 109 Å². The highest BCUT2D eigenvalue weighted by Crippen LogP contribution is 2.27. The van der Waals surface area contributed by atoms with E-state index in [1.165, 1.54) is 11.3 Å². The van der Waals surface area contributed by atoms with Gasteiger partial charge in [0.15, 0.2) is 0 Å². The summed E-state index contributed by atoms with van der Waals surface area (Å²) >= 11 is 3.14. The van der Waals surface area contributed by atoms with Gasteiger partial charge in [0.1, 0.15) is 10.7 Å². The van der Waals surface area contributed by atoms with Crippen molar-refractivity contribution in [3.63, 3.8) is 0 Å². The van der Waals surface area contributed by atoms with Gasteiger partial charge in [-0.05, 0) is 24.8 Å². The van der Waals surface area contributed by atoms with Gasteiger partial charge in [0.05, 0.1) is 4.88 Å². The van der Waals surface area contributed by atoms with Crippen molar-refractivity contribution in [3.8, 4) is 9.88 Å². The van der Waals surface area contributed by atoms with Gasteiger partial charge in [0, 0.05) is 11.4 Å². The summed E-state index contributed by atoms with van der Waals surface area (Å²) in [4.78, 5) is 17.3. The third-order valence-corrected chi connectivity index (χ3v) is 4.34. The Kier molecular flexibility index (Phi) is 3.91. The van der Waals surface area contributed by atoms with Crippen molar-refractivity contribution in [2.24, 2.45) is 0 Å². The first-order chi connectivity index (χ1) is 8.20. The molecule has 0 bridgehead atoms. The normalized spacial score (nSPS) is 12.4. The molecule has 0 aliphatic rings. The first kappa shape index (κ1) is 12.3. The van der Waals surface area contributed by atoms with Crippen LogP contribution in [0.15, 0.2) is 22.9 Å². The molecule has 0 saturated heterocycles. The average Bonchev–Trinajstić information content (AvgIpc) is 2.98. The molecule has 1 amide bonds. The van der Waals surface area contributed by atoms with E-state index >= 15 is 0 Å². The molecular formula is C12H14N2OS2. The zero-order chi connectivity index (χ0) is 12.3. The second-order valence-electron chi connectivity index (χ2n) is 3.80. The van der Waals surface area contributed by atoms with E-state index in [0.717, 1.165) is 16.3 Å². The van der Waals surface area contributed by atoms with Crippen LogP contribution in [0.2, 0.25) is 0 Å². The van der Waals surface area contributed by atoms with Crippen molar-refractivity contribution in [2.75, 3.05) is 0 Å². The molecule has 0 saturated carbocycles. The van der Waals surface area contributed by atoms with E-state index in [1.54, 1.807) is 11.3 Å². The highest BCUT2D eigenvalue weighted by Gasteiger charge is 2.13. The lowest BCUT2D eigenvalue weighted by atomic mass is 10.2. The number of nitrogens with zero attached hydrogens (tertiary/aromatic N) is 1. The Balaban J connectivity index is 2.11. The number of amides is 1. The van der Waals surface area contributed by atoms with Crippen LogP contribution in [-0.4, -0.2) is 16.9 Å². The molecule has 0 aliphatic carbocycles. The molecule has 2 aromatic rings. The minimum absolute atomic E-state index is 0.0848. The van der Waals surface area contributed by atoms with E-state index in [9.17, 15) is 4.79 Å². The topological polar surface area (TPSA) is 42.0 Å². The summed E-state index contributed by atoms with van der Waals surface area (Å²) in [6.45, 7) is 4.04. The molecule has 0 aromatic carbocycles. The third kappa shape index (κ3) is 2.92. The molecule has 0 radical (unpaired) electrons.